The molecule has 0 bridgehead atoms. The number of aliphatic imine (C=N–C) groups is 1. The number of hydrogen-bond donors (Lipinski definition) is 2. The first-order valence-electron chi connectivity index (χ1n) is 7.60. The minimum atomic E-state index is 0. The van der Waals surface area contributed by atoms with E-state index in [0.29, 0.717) is 18.4 Å². The zero-order valence-corrected chi connectivity index (χ0v) is 16.5. The molecule has 0 aliphatic heterocycles. The molecule has 2 rings (SSSR count). The number of nitrogens with one attached hydrogen (secondary N) is 1. The van der Waals surface area contributed by atoms with Crippen LogP contribution in [0.5, 0.6) is 0 Å². The van der Waals surface area contributed by atoms with E-state index in [9.17, 15) is 0 Å². The Bertz CT molecular complexity index is 661. The van der Waals surface area contributed by atoms with E-state index in [0.717, 1.165) is 18.1 Å². The zero-order valence-electron chi connectivity index (χ0n) is 14.2. The third-order valence-corrected chi connectivity index (χ3v) is 3.53. The summed E-state index contributed by atoms with van der Waals surface area (Å²) >= 11 is 0. The Balaban J connectivity index is 0.00000264. The number of imidazole rings is 1. The summed E-state index contributed by atoms with van der Waals surface area (Å²) in [4.78, 5) is 8.73. The maximum atomic E-state index is 5.96. The second-order valence-electron chi connectivity index (χ2n) is 6.02. The molecule has 0 amide bonds. The van der Waals surface area contributed by atoms with E-state index in [1.54, 1.807) is 6.20 Å². The number of benzene rings is 1. The fourth-order valence-corrected chi connectivity index (χ4v) is 2.21. The minimum absolute atomic E-state index is 0. The third kappa shape index (κ3) is 5.85. The normalized spacial score (nSPS) is 11.4. The molecule has 5 nitrogen and oxygen atoms in total. The summed E-state index contributed by atoms with van der Waals surface area (Å²) in [7, 11) is 0. The largest absolute Gasteiger partial charge is 0.370 e. The molecule has 3 N–H and O–H groups in total. The van der Waals surface area contributed by atoms with Crippen LogP contribution in [0.1, 0.15) is 30.8 Å². The van der Waals surface area contributed by atoms with Crippen LogP contribution in [0.2, 0.25) is 0 Å². The van der Waals surface area contributed by atoms with E-state index in [1.165, 1.54) is 11.1 Å². The first kappa shape index (κ1) is 19.5. The molecule has 0 aliphatic rings. The molecule has 0 fully saturated rings. The van der Waals surface area contributed by atoms with E-state index in [4.69, 9.17) is 5.73 Å². The average Bonchev–Trinajstić information content (AvgIpc) is 2.87. The van der Waals surface area contributed by atoms with Crippen molar-refractivity contribution in [2.45, 2.75) is 40.8 Å². The molecule has 126 valence electrons. The van der Waals surface area contributed by atoms with Gasteiger partial charge < -0.3 is 15.6 Å². The van der Waals surface area contributed by atoms with Crippen molar-refractivity contribution in [3.8, 4) is 0 Å². The zero-order chi connectivity index (χ0) is 16.1. The van der Waals surface area contributed by atoms with Crippen molar-refractivity contribution in [2.24, 2.45) is 16.6 Å². The summed E-state index contributed by atoms with van der Waals surface area (Å²) in [6, 6.07) is 6.14. The van der Waals surface area contributed by atoms with Gasteiger partial charge in [0.25, 0.3) is 0 Å². The van der Waals surface area contributed by atoms with Crippen LogP contribution in [-0.2, 0) is 13.1 Å². The Morgan fingerprint density at radius 3 is 2.70 bits per heavy atom. The highest BCUT2D eigenvalue weighted by atomic mass is 127. The number of guanidine groups is 1. The molecule has 1 heterocycles. The smallest absolute Gasteiger partial charge is 0.193 e. The molecule has 0 saturated carbocycles. The lowest BCUT2D eigenvalue weighted by Crippen LogP contribution is -2.23. The molecule has 0 spiro atoms. The molecule has 6 heteroatoms. The van der Waals surface area contributed by atoms with Gasteiger partial charge in [-0.25, -0.2) is 9.98 Å². The summed E-state index contributed by atoms with van der Waals surface area (Å²) < 4.78 is 2.12. The van der Waals surface area contributed by atoms with Gasteiger partial charge in [-0.15, -0.1) is 24.0 Å². The van der Waals surface area contributed by atoms with Crippen LogP contribution in [-0.4, -0.2) is 15.5 Å². The van der Waals surface area contributed by atoms with Crippen molar-refractivity contribution < 1.29 is 0 Å². The van der Waals surface area contributed by atoms with Gasteiger partial charge in [0, 0.05) is 24.6 Å². The van der Waals surface area contributed by atoms with Gasteiger partial charge >= 0.3 is 0 Å². The van der Waals surface area contributed by atoms with Crippen molar-refractivity contribution in [1.29, 1.82) is 0 Å². The van der Waals surface area contributed by atoms with Gasteiger partial charge in [-0.2, -0.15) is 0 Å². The number of hydrogen-bond acceptors (Lipinski definition) is 2. The summed E-state index contributed by atoms with van der Waals surface area (Å²) in [6.07, 6.45) is 3.79. The quantitative estimate of drug-likeness (QED) is 0.435. The topological polar surface area (TPSA) is 68.2 Å². The van der Waals surface area contributed by atoms with Gasteiger partial charge in [0.05, 0.1) is 0 Å². The van der Waals surface area contributed by atoms with Crippen LogP contribution in [0.25, 0.3) is 0 Å². The predicted octanol–water partition coefficient (Wildman–Crippen LogP) is 3.70. The lowest BCUT2D eigenvalue weighted by atomic mass is 10.1. The highest BCUT2D eigenvalue weighted by molar-refractivity contribution is 14.0. The lowest BCUT2D eigenvalue weighted by Gasteiger charge is -2.10. The number of nitrogens with two attached hydrogens (primary N) is 1. The van der Waals surface area contributed by atoms with Crippen LogP contribution in [0.15, 0.2) is 35.6 Å². The molecule has 1 aromatic heterocycles. The Morgan fingerprint density at radius 2 is 2.04 bits per heavy atom. The first-order valence-corrected chi connectivity index (χ1v) is 7.60. The van der Waals surface area contributed by atoms with Gasteiger partial charge in [-0.1, -0.05) is 19.9 Å². The second-order valence-corrected chi connectivity index (χ2v) is 6.02. The Labute approximate surface area is 155 Å². The van der Waals surface area contributed by atoms with Crippen molar-refractivity contribution in [1.82, 2.24) is 9.55 Å². The van der Waals surface area contributed by atoms with Crippen molar-refractivity contribution in [3.05, 3.63) is 47.5 Å². The lowest BCUT2D eigenvalue weighted by molar-refractivity contribution is 0.507. The van der Waals surface area contributed by atoms with E-state index in [-0.39, 0.29) is 24.0 Å². The fourth-order valence-electron chi connectivity index (χ4n) is 2.21. The number of halogens is 1. The van der Waals surface area contributed by atoms with Gasteiger partial charge in [0.2, 0.25) is 0 Å². The van der Waals surface area contributed by atoms with Gasteiger partial charge in [0.1, 0.15) is 12.4 Å². The van der Waals surface area contributed by atoms with Crippen molar-refractivity contribution in [3.63, 3.8) is 0 Å². The molecule has 0 aliphatic carbocycles. The number of rotatable bonds is 5. The molecule has 0 unspecified atom stereocenters. The van der Waals surface area contributed by atoms with Crippen LogP contribution < -0.4 is 11.1 Å². The molecule has 1 aromatic carbocycles. The molecule has 0 radical (unpaired) electrons. The Morgan fingerprint density at radius 1 is 1.30 bits per heavy atom. The molecule has 0 saturated heterocycles. The van der Waals surface area contributed by atoms with Crippen LogP contribution >= 0.6 is 24.0 Å². The van der Waals surface area contributed by atoms with Crippen LogP contribution in [0.4, 0.5) is 5.69 Å². The highest BCUT2D eigenvalue weighted by Crippen LogP contribution is 2.13. The number of nitrogens with zero attached hydrogens (tertiary/aromatic N) is 3. The molecular formula is C17H26IN5. The number of aryl methyl sites for hydroxylation is 2. The monoisotopic (exact) mass is 427 g/mol. The van der Waals surface area contributed by atoms with Crippen LogP contribution in [0.3, 0.4) is 0 Å². The summed E-state index contributed by atoms with van der Waals surface area (Å²) in [5.74, 6) is 1.91. The van der Waals surface area contributed by atoms with E-state index in [2.05, 4.69) is 59.7 Å². The van der Waals surface area contributed by atoms with E-state index < -0.39 is 0 Å². The molecular weight excluding hydrogens is 401 g/mol. The van der Waals surface area contributed by atoms with Gasteiger partial charge in [-0.05, 0) is 43.0 Å². The average molecular weight is 427 g/mol. The highest BCUT2D eigenvalue weighted by Gasteiger charge is 2.04. The predicted molar refractivity (Wildman–Crippen MR) is 107 cm³/mol. The van der Waals surface area contributed by atoms with Crippen LogP contribution in [0, 0.1) is 19.8 Å². The summed E-state index contributed by atoms with van der Waals surface area (Å²) in [5.41, 5.74) is 9.41. The van der Waals surface area contributed by atoms with E-state index >= 15 is 0 Å². The maximum Gasteiger partial charge on any atom is 0.193 e. The SMILES string of the molecule is Cc1ccc(NC(N)=NCc2nccn2CC(C)C)cc1C.I. The maximum absolute atomic E-state index is 5.96. The Kier molecular flexibility index (Phi) is 7.54. The summed E-state index contributed by atoms with van der Waals surface area (Å²) in [6.45, 7) is 9.95. The van der Waals surface area contributed by atoms with Gasteiger partial charge in [0.15, 0.2) is 5.96 Å². The second kappa shape index (κ2) is 8.90. The van der Waals surface area contributed by atoms with E-state index in [1.807, 2.05) is 12.3 Å². The molecule has 0 atom stereocenters. The number of anilines is 1. The number of aromatic nitrogens is 2. The fraction of sp³-hybridized carbons (Fsp3) is 0.412. The standard InChI is InChI=1S/C17H25N5.HI/c1-12(2)11-22-8-7-19-16(22)10-20-17(18)21-15-6-5-13(3)14(4)9-15;/h5-9,12H,10-11H2,1-4H3,(H3,18,20,21);1H. The molecule has 23 heavy (non-hydrogen) atoms. The van der Waals surface area contributed by atoms with Crippen molar-refractivity contribution in [2.75, 3.05) is 5.32 Å². The van der Waals surface area contributed by atoms with Gasteiger partial charge in [-0.3, -0.25) is 0 Å². The van der Waals surface area contributed by atoms with Crippen molar-refractivity contribution >= 4 is 35.6 Å². The third-order valence-electron chi connectivity index (χ3n) is 3.53. The first-order chi connectivity index (χ1) is 10.5. The Hall–Kier alpha value is -1.57. The summed E-state index contributed by atoms with van der Waals surface area (Å²) in [5, 5.41) is 3.12. The minimum Gasteiger partial charge on any atom is -0.370 e. The molecule has 2 aromatic rings.